The molecule has 0 unspecified atom stereocenters. The van der Waals surface area contributed by atoms with Crippen molar-refractivity contribution in [3.8, 4) is 6.07 Å². The van der Waals surface area contributed by atoms with Crippen LogP contribution in [-0.4, -0.2) is 19.1 Å². The van der Waals surface area contributed by atoms with E-state index in [0.29, 0.717) is 34.5 Å². The third-order valence-electron chi connectivity index (χ3n) is 3.94. The molecule has 0 bridgehead atoms. The molecule has 6 heteroatoms. The summed E-state index contributed by atoms with van der Waals surface area (Å²) in [7, 11) is 0. The standard InChI is InChI=1S/C20H20Cl2N2O2/c1-3-26-9-8-20(25)24-19-11-18(22)16(10-13(19)2)17(12-23)14-4-6-15(21)7-5-14/h4-7,10-11,17H,3,8-9H2,1-2H3,(H,24,25)/t17-/m0/s1. The Hall–Kier alpha value is -2.06. The van der Waals surface area contributed by atoms with Gasteiger partial charge < -0.3 is 10.1 Å². The van der Waals surface area contributed by atoms with Crippen LogP contribution in [0.25, 0.3) is 0 Å². The Morgan fingerprint density at radius 3 is 2.58 bits per heavy atom. The molecular formula is C20H20Cl2N2O2. The van der Waals surface area contributed by atoms with Gasteiger partial charge in [0.2, 0.25) is 5.91 Å². The molecule has 1 atom stereocenters. The summed E-state index contributed by atoms with van der Waals surface area (Å²) >= 11 is 12.3. The first kappa shape index (κ1) is 20.3. The number of halogens is 2. The molecule has 0 saturated carbocycles. The highest BCUT2D eigenvalue weighted by molar-refractivity contribution is 6.32. The third kappa shape index (κ3) is 5.22. The number of anilines is 1. The lowest BCUT2D eigenvalue weighted by molar-refractivity contribution is -0.117. The highest BCUT2D eigenvalue weighted by atomic mass is 35.5. The van der Waals surface area contributed by atoms with E-state index in [2.05, 4.69) is 11.4 Å². The van der Waals surface area contributed by atoms with Crippen LogP contribution in [0.3, 0.4) is 0 Å². The zero-order valence-electron chi connectivity index (χ0n) is 14.7. The lowest BCUT2D eigenvalue weighted by Crippen LogP contribution is -2.15. The lowest BCUT2D eigenvalue weighted by atomic mass is 9.91. The van der Waals surface area contributed by atoms with Gasteiger partial charge in [0.25, 0.3) is 0 Å². The second-order valence-corrected chi connectivity index (χ2v) is 6.64. The molecule has 1 amide bonds. The average molecular weight is 391 g/mol. The molecule has 4 nitrogen and oxygen atoms in total. The minimum absolute atomic E-state index is 0.139. The maximum absolute atomic E-state index is 12.0. The quantitative estimate of drug-likeness (QED) is 0.650. The van der Waals surface area contributed by atoms with Crippen LogP contribution in [0.4, 0.5) is 5.69 Å². The van der Waals surface area contributed by atoms with Crippen LogP contribution < -0.4 is 5.32 Å². The van der Waals surface area contributed by atoms with Crippen LogP contribution in [0.1, 0.15) is 36.0 Å². The van der Waals surface area contributed by atoms with Gasteiger partial charge in [0.1, 0.15) is 0 Å². The Morgan fingerprint density at radius 1 is 1.27 bits per heavy atom. The van der Waals surface area contributed by atoms with Crippen molar-refractivity contribution >= 4 is 34.8 Å². The first-order chi connectivity index (χ1) is 12.5. The fraction of sp³-hybridized carbons (Fsp3) is 0.300. The van der Waals surface area contributed by atoms with Gasteiger partial charge in [0.05, 0.1) is 25.0 Å². The molecule has 0 aliphatic rings. The smallest absolute Gasteiger partial charge is 0.226 e. The number of hydrogen-bond donors (Lipinski definition) is 1. The number of ether oxygens (including phenoxy) is 1. The molecule has 0 fully saturated rings. The number of carbonyl (C=O) groups excluding carboxylic acids is 1. The molecule has 0 aliphatic carbocycles. The minimum Gasteiger partial charge on any atom is -0.381 e. The number of nitriles is 1. The van der Waals surface area contributed by atoms with Crippen molar-refractivity contribution in [1.29, 1.82) is 5.26 Å². The van der Waals surface area contributed by atoms with E-state index in [-0.39, 0.29) is 12.3 Å². The molecule has 2 aromatic rings. The number of nitrogens with one attached hydrogen (secondary N) is 1. The van der Waals surface area contributed by atoms with Crippen molar-refractivity contribution in [3.05, 3.63) is 63.1 Å². The van der Waals surface area contributed by atoms with Gasteiger partial charge in [-0.2, -0.15) is 5.26 Å². The summed E-state index contributed by atoms with van der Waals surface area (Å²) in [5.74, 6) is -0.652. The maximum atomic E-state index is 12.0. The summed E-state index contributed by atoms with van der Waals surface area (Å²) in [4.78, 5) is 12.0. The molecule has 26 heavy (non-hydrogen) atoms. The van der Waals surface area contributed by atoms with Gasteiger partial charge in [-0.15, -0.1) is 0 Å². The van der Waals surface area contributed by atoms with Gasteiger partial charge in [-0.1, -0.05) is 41.4 Å². The number of benzene rings is 2. The Kier molecular flexibility index (Phi) is 7.47. The fourth-order valence-corrected chi connectivity index (χ4v) is 2.96. The molecule has 1 N–H and O–H groups in total. The number of nitrogens with zero attached hydrogens (tertiary/aromatic N) is 1. The van der Waals surface area contributed by atoms with E-state index in [1.165, 1.54) is 0 Å². The van der Waals surface area contributed by atoms with E-state index in [0.717, 1.165) is 11.1 Å². The first-order valence-electron chi connectivity index (χ1n) is 8.29. The number of rotatable bonds is 7. The van der Waals surface area contributed by atoms with E-state index >= 15 is 0 Å². The second kappa shape index (κ2) is 9.59. The van der Waals surface area contributed by atoms with Gasteiger partial charge in [-0.3, -0.25) is 4.79 Å². The van der Waals surface area contributed by atoms with Crippen molar-refractivity contribution in [3.63, 3.8) is 0 Å². The predicted molar refractivity (Wildman–Crippen MR) is 105 cm³/mol. The van der Waals surface area contributed by atoms with Crippen molar-refractivity contribution in [1.82, 2.24) is 0 Å². The van der Waals surface area contributed by atoms with E-state index in [1.54, 1.807) is 18.2 Å². The van der Waals surface area contributed by atoms with Gasteiger partial charge in [0.15, 0.2) is 0 Å². The number of hydrogen-bond acceptors (Lipinski definition) is 3. The molecule has 0 aliphatic heterocycles. The van der Waals surface area contributed by atoms with Crippen molar-refractivity contribution in [2.75, 3.05) is 18.5 Å². The summed E-state index contributed by atoms with van der Waals surface area (Å²) in [5.41, 5.74) is 2.98. The predicted octanol–water partition coefficient (Wildman–Crippen LogP) is 5.32. The summed E-state index contributed by atoms with van der Waals surface area (Å²) in [6.45, 7) is 4.70. The zero-order valence-corrected chi connectivity index (χ0v) is 16.2. The SMILES string of the molecule is CCOCCC(=O)Nc1cc(Cl)c([C@@H](C#N)c2ccc(Cl)cc2)cc1C. The number of carbonyl (C=O) groups is 1. The van der Waals surface area contributed by atoms with Crippen molar-refractivity contribution in [2.45, 2.75) is 26.2 Å². The van der Waals surface area contributed by atoms with Crippen LogP contribution in [0.15, 0.2) is 36.4 Å². The lowest BCUT2D eigenvalue weighted by Gasteiger charge is -2.16. The summed E-state index contributed by atoms with van der Waals surface area (Å²) in [5, 5.41) is 13.5. The summed E-state index contributed by atoms with van der Waals surface area (Å²) < 4.78 is 5.19. The van der Waals surface area contributed by atoms with E-state index in [4.69, 9.17) is 27.9 Å². The number of aryl methyl sites for hydroxylation is 1. The van der Waals surface area contributed by atoms with Crippen LogP contribution >= 0.6 is 23.2 Å². The molecule has 0 saturated heterocycles. The Morgan fingerprint density at radius 2 is 1.96 bits per heavy atom. The zero-order chi connectivity index (χ0) is 19.1. The van der Waals surface area contributed by atoms with Gasteiger partial charge in [-0.25, -0.2) is 0 Å². The minimum atomic E-state index is -0.513. The number of amides is 1. The van der Waals surface area contributed by atoms with Crippen LogP contribution in [0, 0.1) is 18.3 Å². The normalized spacial score (nSPS) is 11.7. The van der Waals surface area contributed by atoms with E-state index in [1.807, 2.05) is 32.0 Å². The molecular weight excluding hydrogens is 371 g/mol. The highest BCUT2D eigenvalue weighted by Gasteiger charge is 2.19. The Balaban J connectivity index is 2.23. The molecule has 0 aromatic heterocycles. The molecule has 2 rings (SSSR count). The van der Waals surface area contributed by atoms with E-state index < -0.39 is 5.92 Å². The topological polar surface area (TPSA) is 62.1 Å². The van der Waals surface area contributed by atoms with Gasteiger partial charge in [-0.05, 0) is 48.7 Å². The van der Waals surface area contributed by atoms with E-state index in [9.17, 15) is 10.1 Å². The third-order valence-corrected chi connectivity index (χ3v) is 4.52. The van der Waals surface area contributed by atoms with Crippen molar-refractivity contribution < 1.29 is 9.53 Å². The average Bonchev–Trinajstić information content (AvgIpc) is 2.61. The first-order valence-corrected chi connectivity index (χ1v) is 9.04. The van der Waals surface area contributed by atoms with Crippen molar-refractivity contribution in [2.24, 2.45) is 0 Å². The summed E-state index contributed by atoms with van der Waals surface area (Å²) in [6.07, 6.45) is 0.276. The Labute approximate surface area is 163 Å². The Bertz CT molecular complexity index is 814. The largest absolute Gasteiger partial charge is 0.381 e. The van der Waals surface area contributed by atoms with Crippen LogP contribution in [0.2, 0.25) is 10.0 Å². The highest BCUT2D eigenvalue weighted by Crippen LogP contribution is 2.34. The molecule has 0 spiro atoms. The fourth-order valence-electron chi connectivity index (χ4n) is 2.56. The van der Waals surface area contributed by atoms with Gasteiger partial charge >= 0.3 is 0 Å². The monoisotopic (exact) mass is 390 g/mol. The van der Waals surface area contributed by atoms with Crippen LogP contribution in [0.5, 0.6) is 0 Å². The summed E-state index contributed by atoms with van der Waals surface area (Å²) in [6, 6.07) is 12.9. The second-order valence-electron chi connectivity index (χ2n) is 5.80. The molecule has 2 aromatic carbocycles. The molecule has 0 radical (unpaired) electrons. The van der Waals surface area contributed by atoms with Crippen LogP contribution in [-0.2, 0) is 9.53 Å². The maximum Gasteiger partial charge on any atom is 0.226 e. The van der Waals surface area contributed by atoms with Gasteiger partial charge in [0, 0.05) is 22.3 Å². The molecule has 136 valence electrons. The molecule has 0 heterocycles.